The van der Waals surface area contributed by atoms with Crippen LogP contribution >= 0.6 is 0 Å². The Bertz CT molecular complexity index is 625. The smallest absolute Gasteiger partial charge is 0.408 e. The predicted octanol–water partition coefficient (Wildman–Crippen LogP) is 1.92. The fraction of sp³-hybridized carbons (Fsp3) is 0.579. The number of piperazine rings is 1. The minimum atomic E-state index is -0.644. The van der Waals surface area contributed by atoms with Crippen molar-refractivity contribution in [1.29, 1.82) is 0 Å². The van der Waals surface area contributed by atoms with E-state index in [-0.39, 0.29) is 24.8 Å². The molecule has 1 saturated heterocycles. The molecule has 8 heteroatoms. The zero-order valence-corrected chi connectivity index (χ0v) is 16.1. The summed E-state index contributed by atoms with van der Waals surface area (Å²) < 4.78 is 23.9. The molecule has 1 aromatic rings. The van der Waals surface area contributed by atoms with Crippen LogP contribution < -0.4 is 15.4 Å². The van der Waals surface area contributed by atoms with Crippen LogP contribution in [0.15, 0.2) is 24.3 Å². The molecule has 7 nitrogen and oxygen atoms in total. The standard InChI is InChI=1S/C19H28FN3O4/c1-19(2,3)27-18(25)22-15(12-17(24)23-10-8-21-9-11-23)13-26-16-6-4-14(20)5-7-16/h4-7,15,21H,8-13H2,1-3H3,(H,22,25)/t15-/m0/s1. The third-order valence-electron chi connectivity index (χ3n) is 3.88. The van der Waals surface area contributed by atoms with Gasteiger partial charge in [-0.15, -0.1) is 0 Å². The van der Waals surface area contributed by atoms with Crippen LogP contribution in [0.2, 0.25) is 0 Å². The minimum Gasteiger partial charge on any atom is -0.491 e. The number of carbonyl (C=O) groups is 2. The summed E-state index contributed by atoms with van der Waals surface area (Å²) in [6.45, 7) is 8.15. The van der Waals surface area contributed by atoms with Crippen LogP contribution in [0.5, 0.6) is 5.75 Å². The van der Waals surface area contributed by atoms with Gasteiger partial charge in [0, 0.05) is 26.2 Å². The summed E-state index contributed by atoms with van der Waals surface area (Å²) in [5.41, 5.74) is -0.644. The Hall–Kier alpha value is -2.35. The summed E-state index contributed by atoms with van der Waals surface area (Å²) in [5, 5.41) is 5.89. The largest absolute Gasteiger partial charge is 0.491 e. The second-order valence-electron chi connectivity index (χ2n) is 7.44. The molecule has 27 heavy (non-hydrogen) atoms. The maximum absolute atomic E-state index is 13.0. The second kappa shape index (κ2) is 9.55. The molecule has 1 aliphatic heterocycles. The summed E-state index contributed by atoms with van der Waals surface area (Å²) in [6, 6.07) is 5.01. The predicted molar refractivity (Wildman–Crippen MR) is 99.1 cm³/mol. The lowest BCUT2D eigenvalue weighted by molar-refractivity contribution is -0.132. The highest BCUT2D eigenvalue weighted by atomic mass is 19.1. The monoisotopic (exact) mass is 381 g/mol. The molecule has 1 aromatic carbocycles. The molecule has 0 spiro atoms. The van der Waals surface area contributed by atoms with Gasteiger partial charge >= 0.3 is 6.09 Å². The molecule has 0 radical (unpaired) electrons. The van der Waals surface area contributed by atoms with Gasteiger partial charge in [0.05, 0.1) is 12.5 Å². The highest BCUT2D eigenvalue weighted by molar-refractivity contribution is 5.78. The summed E-state index contributed by atoms with van der Waals surface area (Å²) >= 11 is 0. The number of amides is 2. The van der Waals surface area contributed by atoms with E-state index in [4.69, 9.17) is 9.47 Å². The van der Waals surface area contributed by atoms with Crippen LogP contribution in [0.4, 0.5) is 9.18 Å². The topological polar surface area (TPSA) is 79.9 Å². The van der Waals surface area contributed by atoms with E-state index in [0.29, 0.717) is 18.8 Å². The SMILES string of the molecule is CC(C)(C)OC(=O)N[C@H](COc1ccc(F)cc1)CC(=O)N1CCNCC1. The Morgan fingerprint density at radius 2 is 1.85 bits per heavy atom. The number of halogens is 1. The Morgan fingerprint density at radius 1 is 1.22 bits per heavy atom. The number of rotatable bonds is 6. The first-order valence-corrected chi connectivity index (χ1v) is 9.09. The van der Waals surface area contributed by atoms with E-state index in [1.54, 1.807) is 25.7 Å². The molecular formula is C19H28FN3O4. The van der Waals surface area contributed by atoms with Crippen molar-refractivity contribution in [1.82, 2.24) is 15.5 Å². The number of hydrogen-bond donors (Lipinski definition) is 2. The van der Waals surface area contributed by atoms with E-state index in [0.717, 1.165) is 13.1 Å². The Balaban J connectivity index is 1.96. The number of carbonyl (C=O) groups excluding carboxylic acids is 2. The van der Waals surface area contributed by atoms with Crippen LogP contribution in [0, 0.1) is 5.82 Å². The molecule has 0 saturated carbocycles. The first-order valence-electron chi connectivity index (χ1n) is 9.09. The minimum absolute atomic E-state index is 0.0553. The lowest BCUT2D eigenvalue weighted by atomic mass is 10.2. The van der Waals surface area contributed by atoms with Gasteiger partial charge in [-0.3, -0.25) is 4.79 Å². The highest BCUT2D eigenvalue weighted by Crippen LogP contribution is 2.13. The normalized spacial score (nSPS) is 15.8. The first-order chi connectivity index (χ1) is 12.7. The zero-order chi connectivity index (χ0) is 19.9. The molecule has 1 fully saturated rings. The summed E-state index contributed by atoms with van der Waals surface area (Å²) in [6.07, 6.45) is -0.510. The van der Waals surface area contributed by atoms with Gasteiger partial charge in [0.15, 0.2) is 0 Å². The van der Waals surface area contributed by atoms with Crippen LogP contribution in [0.25, 0.3) is 0 Å². The number of nitrogens with one attached hydrogen (secondary N) is 2. The molecule has 1 heterocycles. The quantitative estimate of drug-likeness (QED) is 0.787. The fourth-order valence-corrected chi connectivity index (χ4v) is 2.61. The van der Waals surface area contributed by atoms with E-state index in [1.807, 2.05) is 0 Å². The van der Waals surface area contributed by atoms with Crippen molar-refractivity contribution in [2.45, 2.75) is 38.8 Å². The van der Waals surface area contributed by atoms with Crippen LogP contribution in [-0.2, 0) is 9.53 Å². The summed E-state index contributed by atoms with van der Waals surface area (Å²) in [4.78, 5) is 26.4. The van der Waals surface area contributed by atoms with Crippen molar-refractivity contribution >= 4 is 12.0 Å². The van der Waals surface area contributed by atoms with Crippen molar-refractivity contribution in [2.24, 2.45) is 0 Å². The number of benzene rings is 1. The Labute approximate surface area is 159 Å². The van der Waals surface area contributed by atoms with Gasteiger partial charge in [0.1, 0.15) is 23.8 Å². The van der Waals surface area contributed by atoms with E-state index >= 15 is 0 Å². The number of nitrogens with zero attached hydrogens (tertiary/aromatic N) is 1. The van der Waals surface area contributed by atoms with Gasteiger partial charge in [-0.2, -0.15) is 0 Å². The molecule has 2 amide bonds. The molecule has 0 aliphatic carbocycles. The number of alkyl carbamates (subject to hydrolysis) is 1. The maximum atomic E-state index is 13.0. The van der Waals surface area contributed by atoms with Crippen molar-refractivity contribution in [3.63, 3.8) is 0 Å². The van der Waals surface area contributed by atoms with Crippen molar-refractivity contribution in [3.8, 4) is 5.75 Å². The van der Waals surface area contributed by atoms with Crippen molar-refractivity contribution < 1.29 is 23.5 Å². The van der Waals surface area contributed by atoms with Crippen LogP contribution in [0.1, 0.15) is 27.2 Å². The molecule has 1 atom stereocenters. The van der Waals surface area contributed by atoms with Gasteiger partial charge in [-0.25, -0.2) is 9.18 Å². The van der Waals surface area contributed by atoms with Crippen LogP contribution in [0.3, 0.4) is 0 Å². The molecule has 2 N–H and O–H groups in total. The molecule has 0 bridgehead atoms. The average molecular weight is 381 g/mol. The molecular weight excluding hydrogens is 353 g/mol. The molecule has 1 aliphatic rings. The maximum Gasteiger partial charge on any atom is 0.408 e. The fourth-order valence-electron chi connectivity index (χ4n) is 2.61. The third-order valence-corrected chi connectivity index (χ3v) is 3.88. The third kappa shape index (κ3) is 7.82. The first kappa shape index (κ1) is 21.0. The lowest BCUT2D eigenvalue weighted by Crippen LogP contribution is -2.50. The highest BCUT2D eigenvalue weighted by Gasteiger charge is 2.25. The van der Waals surface area contributed by atoms with E-state index in [1.165, 1.54) is 24.3 Å². The number of hydrogen-bond acceptors (Lipinski definition) is 5. The lowest BCUT2D eigenvalue weighted by Gasteiger charge is -2.29. The molecule has 2 rings (SSSR count). The van der Waals surface area contributed by atoms with Gasteiger partial charge in [0.25, 0.3) is 0 Å². The summed E-state index contributed by atoms with van der Waals surface area (Å²) in [7, 11) is 0. The van der Waals surface area contributed by atoms with E-state index in [2.05, 4.69) is 10.6 Å². The zero-order valence-electron chi connectivity index (χ0n) is 16.1. The average Bonchev–Trinajstić information content (AvgIpc) is 2.60. The second-order valence-corrected chi connectivity index (χ2v) is 7.44. The van der Waals surface area contributed by atoms with Crippen molar-refractivity contribution in [2.75, 3.05) is 32.8 Å². The van der Waals surface area contributed by atoms with E-state index in [9.17, 15) is 14.0 Å². The van der Waals surface area contributed by atoms with Gasteiger partial charge in [0.2, 0.25) is 5.91 Å². The Morgan fingerprint density at radius 3 is 2.44 bits per heavy atom. The molecule has 0 unspecified atom stereocenters. The van der Waals surface area contributed by atoms with Gasteiger partial charge in [-0.1, -0.05) is 0 Å². The van der Waals surface area contributed by atoms with Gasteiger partial charge in [-0.05, 0) is 45.0 Å². The van der Waals surface area contributed by atoms with Crippen LogP contribution in [-0.4, -0.2) is 61.3 Å². The van der Waals surface area contributed by atoms with Crippen molar-refractivity contribution in [3.05, 3.63) is 30.1 Å². The van der Waals surface area contributed by atoms with Gasteiger partial charge < -0.3 is 25.0 Å². The molecule has 150 valence electrons. The van der Waals surface area contributed by atoms with E-state index < -0.39 is 17.7 Å². The Kier molecular flexibility index (Phi) is 7.41. The summed E-state index contributed by atoms with van der Waals surface area (Å²) in [5.74, 6) is 0.0435. The number of ether oxygens (including phenoxy) is 2. The molecule has 0 aromatic heterocycles.